The van der Waals surface area contributed by atoms with Crippen LogP contribution in [0, 0.1) is 0 Å². The Hall–Kier alpha value is -1.16. The third-order valence-electron chi connectivity index (χ3n) is 2.29. The van der Waals surface area contributed by atoms with Crippen LogP contribution in [0.15, 0.2) is 23.1 Å². The molecule has 1 heterocycles. The van der Waals surface area contributed by atoms with Crippen molar-refractivity contribution in [1.82, 2.24) is 0 Å². The molecule has 4 heteroatoms. The number of ether oxygens (including phenoxy) is 1. The zero-order chi connectivity index (χ0) is 12.5. The fourth-order valence-corrected chi connectivity index (χ4v) is 2.48. The summed E-state index contributed by atoms with van der Waals surface area (Å²) in [5.41, 5.74) is 1.19. The lowest BCUT2D eigenvalue weighted by Crippen LogP contribution is -2.24. The molecule has 1 aliphatic heterocycles. The highest BCUT2D eigenvalue weighted by molar-refractivity contribution is 7.99. The first-order valence-corrected chi connectivity index (χ1v) is 6.68. The Morgan fingerprint density at radius 3 is 2.88 bits per heavy atom. The Morgan fingerprint density at radius 2 is 2.18 bits per heavy atom. The summed E-state index contributed by atoms with van der Waals surface area (Å²) in [6, 6.07) is 5.67. The van der Waals surface area contributed by atoms with Gasteiger partial charge in [0.1, 0.15) is 5.60 Å². The van der Waals surface area contributed by atoms with Gasteiger partial charge in [0.2, 0.25) is 0 Å². The minimum absolute atomic E-state index is 0.266. The van der Waals surface area contributed by atoms with Gasteiger partial charge in [0.05, 0.1) is 5.56 Å². The summed E-state index contributed by atoms with van der Waals surface area (Å²) in [5, 5.41) is 3.29. The zero-order valence-corrected chi connectivity index (χ0v) is 11.2. The quantitative estimate of drug-likeness (QED) is 0.778. The van der Waals surface area contributed by atoms with Crippen molar-refractivity contribution in [2.24, 2.45) is 0 Å². The summed E-state index contributed by atoms with van der Waals surface area (Å²) >= 11 is 1.81. The van der Waals surface area contributed by atoms with Gasteiger partial charge in [0.25, 0.3) is 0 Å². The maximum atomic E-state index is 11.9. The van der Waals surface area contributed by atoms with E-state index in [-0.39, 0.29) is 5.97 Å². The first-order valence-electron chi connectivity index (χ1n) is 5.70. The molecule has 0 bridgehead atoms. The highest BCUT2D eigenvalue weighted by Crippen LogP contribution is 2.31. The van der Waals surface area contributed by atoms with E-state index in [1.165, 1.54) is 4.90 Å². The van der Waals surface area contributed by atoms with E-state index in [4.69, 9.17) is 4.74 Å². The molecular weight excluding hydrogens is 234 g/mol. The summed E-state index contributed by atoms with van der Waals surface area (Å²) in [4.78, 5) is 13.1. The number of hydrogen-bond acceptors (Lipinski definition) is 4. The minimum atomic E-state index is -0.449. The molecule has 0 atom stereocenters. The lowest BCUT2D eigenvalue weighted by Gasteiger charge is -2.21. The zero-order valence-electron chi connectivity index (χ0n) is 10.4. The summed E-state index contributed by atoms with van der Waals surface area (Å²) in [6.45, 7) is 6.56. The van der Waals surface area contributed by atoms with E-state index in [1.54, 1.807) is 0 Å². The van der Waals surface area contributed by atoms with Crippen molar-refractivity contribution in [1.29, 1.82) is 0 Å². The average molecular weight is 251 g/mol. The van der Waals surface area contributed by atoms with Crippen molar-refractivity contribution < 1.29 is 9.53 Å². The molecule has 1 aliphatic rings. The smallest absolute Gasteiger partial charge is 0.338 e. The molecular formula is C13H17NO2S. The lowest BCUT2D eigenvalue weighted by molar-refractivity contribution is 0.00695. The van der Waals surface area contributed by atoms with Gasteiger partial charge in [0, 0.05) is 22.9 Å². The van der Waals surface area contributed by atoms with Gasteiger partial charge in [-0.25, -0.2) is 4.79 Å². The van der Waals surface area contributed by atoms with E-state index in [0.717, 1.165) is 18.0 Å². The van der Waals surface area contributed by atoms with E-state index < -0.39 is 5.60 Å². The SMILES string of the molecule is CC(C)(C)OC(=O)c1ccc2c(c1)NCCS2. The predicted octanol–water partition coefficient (Wildman–Crippen LogP) is 3.16. The van der Waals surface area contributed by atoms with Crippen LogP contribution in [-0.2, 0) is 4.74 Å². The van der Waals surface area contributed by atoms with Crippen molar-refractivity contribution in [3.8, 4) is 0 Å². The first-order chi connectivity index (χ1) is 7.96. The van der Waals surface area contributed by atoms with Crippen LogP contribution in [0.5, 0.6) is 0 Å². The molecule has 0 aliphatic carbocycles. The van der Waals surface area contributed by atoms with Crippen LogP contribution >= 0.6 is 11.8 Å². The lowest BCUT2D eigenvalue weighted by atomic mass is 10.1. The summed E-state index contributed by atoms with van der Waals surface area (Å²) in [7, 11) is 0. The van der Waals surface area contributed by atoms with Crippen molar-refractivity contribution in [3.63, 3.8) is 0 Å². The molecule has 0 radical (unpaired) electrons. The van der Waals surface area contributed by atoms with Gasteiger partial charge in [-0.2, -0.15) is 0 Å². The van der Waals surface area contributed by atoms with Crippen LogP contribution in [0.4, 0.5) is 5.69 Å². The van der Waals surface area contributed by atoms with Crippen LogP contribution < -0.4 is 5.32 Å². The molecule has 0 fully saturated rings. The fourth-order valence-electron chi connectivity index (χ4n) is 1.60. The molecule has 0 unspecified atom stereocenters. The second-order valence-electron chi connectivity index (χ2n) is 4.99. The van der Waals surface area contributed by atoms with E-state index in [0.29, 0.717) is 5.56 Å². The van der Waals surface area contributed by atoms with E-state index in [1.807, 2.05) is 50.7 Å². The highest BCUT2D eigenvalue weighted by Gasteiger charge is 2.19. The van der Waals surface area contributed by atoms with Gasteiger partial charge in [0.15, 0.2) is 0 Å². The van der Waals surface area contributed by atoms with Crippen LogP contribution in [-0.4, -0.2) is 23.9 Å². The second kappa shape index (κ2) is 4.61. The third kappa shape index (κ3) is 3.16. The van der Waals surface area contributed by atoms with Crippen LogP contribution in [0.25, 0.3) is 0 Å². The van der Waals surface area contributed by atoms with Crippen molar-refractivity contribution in [2.75, 3.05) is 17.6 Å². The molecule has 0 aromatic heterocycles. The largest absolute Gasteiger partial charge is 0.456 e. The molecule has 0 amide bonds. The number of benzene rings is 1. The van der Waals surface area contributed by atoms with Crippen LogP contribution in [0.2, 0.25) is 0 Å². The first kappa shape index (κ1) is 12.3. The number of anilines is 1. The second-order valence-corrected chi connectivity index (χ2v) is 6.12. The highest BCUT2D eigenvalue weighted by atomic mass is 32.2. The Bertz CT molecular complexity index is 438. The minimum Gasteiger partial charge on any atom is -0.456 e. The summed E-state index contributed by atoms with van der Waals surface area (Å²) in [5.74, 6) is 0.802. The molecule has 92 valence electrons. The fraction of sp³-hybridized carbons (Fsp3) is 0.462. The molecule has 2 rings (SSSR count). The van der Waals surface area contributed by atoms with Gasteiger partial charge >= 0.3 is 5.97 Å². The van der Waals surface area contributed by atoms with Gasteiger partial charge < -0.3 is 10.1 Å². The molecule has 1 aromatic carbocycles. The topological polar surface area (TPSA) is 38.3 Å². The number of hydrogen-bond donors (Lipinski definition) is 1. The Kier molecular flexibility index (Phi) is 3.33. The number of rotatable bonds is 1. The van der Waals surface area contributed by atoms with Gasteiger partial charge in [-0.05, 0) is 39.0 Å². The number of carbonyl (C=O) groups is 1. The van der Waals surface area contributed by atoms with Crippen molar-refractivity contribution in [2.45, 2.75) is 31.3 Å². The monoisotopic (exact) mass is 251 g/mol. The molecule has 0 saturated heterocycles. The molecule has 1 aromatic rings. The van der Waals surface area contributed by atoms with E-state index in [9.17, 15) is 4.79 Å². The molecule has 3 nitrogen and oxygen atoms in total. The molecule has 17 heavy (non-hydrogen) atoms. The van der Waals surface area contributed by atoms with Crippen molar-refractivity contribution in [3.05, 3.63) is 23.8 Å². The summed E-state index contributed by atoms with van der Waals surface area (Å²) in [6.07, 6.45) is 0. The molecule has 0 saturated carbocycles. The normalized spacial score (nSPS) is 14.8. The van der Waals surface area contributed by atoms with Crippen LogP contribution in [0.1, 0.15) is 31.1 Å². The standard InChI is InChI=1S/C13H17NO2S/c1-13(2,3)16-12(15)9-4-5-11-10(8-9)14-6-7-17-11/h4-5,8,14H,6-7H2,1-3H3. The average Bonchev–Trinajstić information content (AvgIpc) is 2.26. The Morgan fingerprint density at radius 1 is 1.41 bits per heavy atom. The number of carbonyl (C=O) groups excluding carboxylic acids is 1. The summed E-state index contributed by atoms with van der Waals surface area (Å²) < 4.78 is 5.34. The van der Waals surface area contributed by atoms with Gasteiger partial charge in [-0.1, -0.05) is 0 Å². The van der Waals surface area contributed by atoms with Gasteiger partial charge in [-0.15, -0.1) is 11.8 Å². The number of fused-ring (bicyclic) bond motifs is 1. The number of esters is 1. The van der Waals surface area contributed by atoms with Crippen molar-refractivity contribution >= 4 is 23.4 Å². The van der Waals surface area contributed by atoms with Gasteiger partial charge in [-0.3, -0.25) is 0 Å². The van der Waals surface area contributed by atoms with Crippen LogP contribution in [0.3, 0.4) is 0 Å². The van der Waals surface area contributed by atoms with E-state index >= 15 is 0 Å². The Labute approximate surface area is 106 Å². The Balaban J connectivity index is 2.19. The van der Waals surface area contributed by atoms with E-state index in [2.05, 4.69) is 5.32 Å². The molecule has 1 N–H and O–H groups in total. The third-order valence-corrected chi connectivity index (χ3v) is 3.36. The number of nitrogens with one attached hydrogen (secondary N) is 1. The maximum absolute atomic E-state index is 11.9. The molecule has 0 spiro atoms. The predicted molar refractivity (Wildman–Crippen MR) is 70.8 cm³/mol. The maximum Gasteiger partial charge on any atom is 0.338 e. The number of thioether (sulfide) groups is 1.